The summed E-state index contributed by atoms with van der Waals surface area (Å²) in [6.45, 7) is 4.93. The van der Waals surface area contributed by atoms with Crippen LogP contribution in [0.5, 0.6) is 0 Å². The predicted molar refractivity (Wildman–Crippen MR) is 98.3 cm³/mol. The van der Waals surface area contributed by atoms with Gasteiger partial charge in [-0.25, -0.2) is 9.37 Å². The molecule has 0 radical (unpaired) electrons. The van der Waals surface area contributed by atoms with Crippen LogP contribution in [-0.4, -0.2) is 23.5 Å². The monoisotopic (exact) mass is 369 g/mol. The molecule has 1 fully saturated rings. The van der Waals surface area contributed by atoms with Crippen LogP contribution >= 0.6 is 23.7 Å². The largest absolute Gasteiger partial charge is 0.314 e. The number of carbonyl (C=O) groups is 1. The van der Waals surface area contributed by atoms with Gasteiger partial charge in [0.05, 0.1) is 5.69 Å². The maximum atomic E-state index is 13.0. The first-order valence-electron chi connectivity index (χ1n) is 7.80. The highest BCUT2D eigenvalue weighted by Gasteiger charge is 2.25. The SMILES string of the molecule is Cc1sc(NC(=O)[C@H]2CCN[C@@H](C)C2)nc1-c1ccc(F)cc1.Cl. The molecule has 1 aliphatic rings. The lowest BCUT2D eigenvalue weighted by atomic mass is 9.92. The number of aromatic nitrogens is 1. The van der Waals surface area contributed by atoms with Gasteiger partial charge in [-0.05, 0) is 57.5 Å². The Hall–Kier alpha value is -1.50. The van der Waals surface area contributed by atoms with Crippen LogP contribution in [0.2, 0.25) is 0 Å². The maximum Gasteiger partial charge on any atom is 0.229 e. The molecule has 24 heavy (non-hydrogen) atoms. The van der Waals surface area contributed by atoms with Gasteiger partial charge in [-0.2, -0.15) is 0 Å². The average molecular weight is 370 g/mol. The topological polar surface area (TPSA) is 54.0 Å². The first-order chi connectivity index (χ1) is 11.0. The third-order valence-electron chi connectivity index (χ3n) is 4.14. The van der Waals surface area contributed by atoms with Crippen molar-refractivity contribution in [2.75, 3.05) is 11.9 Å². The third-order valence-corrected chi connectivity index (χ3v) is 5.03. The summed E-state index contributed by atoms with van der Waals surface area (Å²) < 4.78 is 13.0. The molecule has 1 aliphatic heterocycles. The molecule has 7 heteroatoms. The number of rotatable bonds is 3. The number of nitrogens with one attached hydrogen (secondary N) is 2. The van der Waals surface area contributed by atoms with Crippen LogP contribution in [0.15, 0.2) is 24.3 Å². The maximum absolute atomic E-state index is 13.0. The number of benzene rings is 1. The van der Waals surface area contributed by atoms with E-state index in [1.165, 1.54) is 23.5 Å². The molecule has 2 heterocycles. The zero-order chi connectivity index (χ0) is 16.4. The Bertz CT molecular complexity index is 704. The fraction of sp³-hybridized carbons (Fsp3) is 0.412. The lowest BCUT2D eigenvalue weighted by molar-refractivity contribution is -0.120. The highest BCUT2D eigenvalue weighted by atomic mass is 35.5. The molecule has 0 spiro atoms. The summed E-state index contributed by atoms with van der Waals surface area (Å²) in [5.41, 5.74) is 1.65. The first kappa shape index (κ1) is 18.8. The van der Waals surface area contributed by atoms with Gasteiger partial charge in [-0.1, -0.05) is 0 Å². The van der Waals surface area contributed by atoms with Crippen molar-refractivity contribution < 1.29 is 9.18 Å². The molecule has 0 aliphatic carbocycles. The first-order valence-corrected chi connectivity index (χ1v) is 8.62. The molecule has 0 unspecified atom stereocenters. The van der Waals surface area contributed by atoms with Crippen LogP contribution in [0.4, 0.5) is 9.52 Å². The Labute approximate surface area is 151 Å². The molecular formula is C17H21ClFN3OS. The van der Waals surface area contributed by atoms with Gasteiger partial charge in [0.15, 0.2) is 5.13 Å². The van der Waals surface area contributed by atoms with E-state index < -0.39 is 0 Å². The number of piperidine rings is 1. The van der Waals surface area contributed by atoms with Crippen molar-refractivity contribution in [3.63, 3.8) is 0 Å². The molecule has 0 bridgehead atoms. The molecule has 1 amide bonds. The second kappa shape index (κ2) is 8.05. The van der Waals surface area contributed by atoms with Gasteiger partial charge in [-0.15, -0.1) is 23.7 Å². The zero-order valence-electron chi connectivity index (χ0n) is 13.6. The van der Waals surface area contributed by atoms with Crippen molar-refractivity contribution in [1.29, 1.82) is 0 Å². The number of amides is 1. The van der Waals surface area contributed by atoms with Gasteiger partial charge in [0, 0.05) is 22.4 Å². The number of hydrogen-bond donors (Lipinski definition) is 2. The Morgan fingerprint density at radius 3 is 2.75 bits per heavy atom. The van der Waals surface area contributed by atoms with E-state index in [9.17, 15) is 9.18 Å². The van der Waals surface area contributed by atoms with E-state index in [0.29, 0.717) is 11.2 Å². The minimum Gasteiger partial charge on any atom is -0.314 e. The minimum atomic E-state index is -0.268. The fourth-order valence-electron chi connectivity index (χ4n) is 2.90. The highest BCUT2D eigenvalue weighted by Crippen LogP contribution is 2.31. The van der Waals surface area contributed by atoms with Gasteiger partial charge < -0.3 is 10.6 Å². The summed E-state index contributed by atoms with van der Waals surface area (Å²) >= 11 is 1.45. The molecule has 2 atom stereocenters. The standard InChI is InChI=1S/C17H20FN3OS.ClH/c1-10-9-13(7-8-19-10)16(22)21-17-20-15(11(2)23-17)12-3-5-14(18)6-4-12;/h3-6,10,13,19H,7-9H2,1-2H3,(H,20,21,22);1H/t10-,13-;/m0./s1. The summed E-state index contributed by atoms with van der Waals surface area (Å²) in [5.74, 6) is -0.197. The van der Waals surface area contributed by atoms with Crippen LogP contribution < -0.4 is 10.6 Å². The number of halogens is 2. The highest BCUT2D eigenvalue weighted by molar-refractivity contribution is 7.16. The molecule has 2 aromatic rings. The van der Waals surface area contributed by atoms with Gasteiger partial charge in [0.25, 0.3) is 0 Å². The summed E-state index contributed by atoms with van der Waals surface area (Å²) in [7, 11) is 0. The Kier molecular flexibility index (Phi) is 6.32. The van der Waals surface area contributed by atoms with E-state index in [1.807, 2.05) is 6.92 Å². The van der Waals surface area contributed by atoms with Gasteiger partial charge in [-0.3, -0.25) is 4.79 Å². The molecule has 0 saturated carbocycles. The van der Waals surface area contributed by atoms with Crippen LogP contribution in [0.25, 0.3) is 11.3 Å². The van der Waals surface area contributed by atoms with E-state index in [2.05, 4.69) is 22.5 Å². The number of aryl methyl sites for hydroxylation is 1. The smallest absolute Gasteiger partial charge is 0.229 e. The van der Waals surface area contributed by atoms with Crippen LogP contribution in [0.1, 0.15) is 24.6 Å². The fourth-order valence-corrected chi connectivity index (χ4v) is 3.74. The summed E-state index contributed by atoms with van der Waals surface area (Å²) in [6.07, 6.45) is 1.70. The average Bonchev–Trinajstić information content (AvgIpc) is 2.88. The van der Waals surface area contributed by atoms with E-state index in [0.717, 1.165) is 35.5 Å². The van der Waals surface area contributed by atoms with Crippen molar-refractivity contribution >= 4 is 34.8 Å². The quantitative estimate of drug-likeness (QED) is 0.859. The number of anilines is 1. The summed E-state index contributed by atoms with van der Waals surface area (Å²) in [5, 5.41) is 6.90. The van der Waals surface area contributed by atoms with Crippen molar-refractivity contribution in [2.24, 2.45) is 5.92 Å². The lowest BCUT2D eigenvalue weighted by Crippen LogP contribution is -2.40. The van der Waals surface area contributed by atoms with Crippen LogP contribution in [0.3, 0.4) is 0 Å². The van der Waals surface area contributed by atoms with E-state index in [4.69, 9.17) is 0 Å². The lowest BCUT2D eigenvalue weighted by Gasteiger charge is -2.26. The number of hydrogen-bond acceptors (Lipinski definition) is 4. The van der Waals surface area contributed by atoms with E-state index >= 15 is 0 Å². The number of carbonyl (C=O) groups excluding carboxylic acids is 1. The molecule has 1 aromatic heterocycles. The van der Waals surface area contributed by atoms with E-state index in [1.54, 1.807) is 12.1 Å². The molecule has 1 aromatic carbocycles. The second-order valence-electron chi connectivity index (χ2n) is 6.00. The molecule has 3 rings (SSSR count). The Morgan fingerprint density at radius 2 is 2.08 bits per heavy atom. The predicted octanol–water partition coefficient (Wildman–Crippen LogP) is 4.01. The molecule has 2 N–H and O–H groups in total. The van der Waals surface area contributed by atoms with Gasteiger partial charge in [0.2, 0.25) is 5.91 Å². The van der Waals surface area contributed by atoms with Gasteiger partial charge in [0.1, 0.15) is 5.82 Å². The second-order valence-corrected chi connectivity index (χ2v) is 7.20. The van der Waals surface area contributed by atoms with Crippen molar-refractivity contribution in [1.82, 2.24) is 10.3 Å². The van der Waals surface area contributed by atoms with Gasteiger partial charge >= 0.3 is 0 Å². The molecule has 1 saturated heterocycles. The minimum absolute atomic E-state index is 0. The van der Waals surface area contributed by atoms with Crippen LogP contribution in [-0.2, 0) is 4.79 Å². The van der Waals surface area contributed by atoms with Crippen molar-refractivity contribution in [3.05, 3.63) is 35.0 Å². The van der Waals surface area contributed by atoms with E-state index in [-0.39, 0.29) is 30.0 Å². The summed E-state index contributed by atoms with van der Waals surface area (Å²) in [4.78, 5) is 17.9. The molecular weight excluding hydrogens is 349 g/mol. The third kappa shape index (κ3) is 4.32. The number of thiazole rings is 1. The Morgan fingerprint density at radius 1 is 1.38 bits per heavy atom. The normalized spacial score (nSPS) is 20.3. The number of nitrogens with zero attached hydrogens (tertiary/aromatic N) is 1. The molecule has 4 nitrogen and oxygen atoms in total. The zero-order valence-corrected chi connectivity index (χ0v) is 15.3. The molecule has 130 valence electrons. The van der Waals surface area contributed by atoms with Crippen LogP contribution in [0, 0.1) is 18.7 Å². The Balaban J connectivity index is 0.00000208. The van der Waals surface area contributed by atoms with Crippen molar-refractivity contribution in [3.8, 4) is 11.3 Å². The summed E-state index contributed by atoms with van der Waals surface area (Å²) in [6, 6.07) is 6.62. The van der Waals surface area contributed by atoms with Crippen molar-refractivity contribution in [2.45, 2.75) is 32.7 Å².